The lowest BCUT2D eigenvalue weighted by Crippen LogP contribution is -2.19. The number of carboxylic acids is 1. The van der Waals surface area contributed by atoms with Gasteiger partial charge in [-0.3, -0.25) is 4.98 Å². The van der Waals surface area contributed by atoms with E-state index >= 15 is 0 Å². The Bertz CT molecular complexity index is 934. The highest BCUT2D eigenvalue weighted by Crippen LogP contribution is 2.39. The molecule has 5 heteroatoms. The van der Waals surface area contributed by atoms with Crippen molar-refractivity contribution in [2.45, 2.75) is 65.0 Å². The minimum atomic E-state index is -0.958. The molecule has 0 bridgehead atoms. The highest BCUT2D eigenvalue weighted by atomic mass is 16.5. The molecule has 0 saturated heterocycles. The molecule has 1 aliphatic rings. The summed E-state index contributed by atoms with van der Waals surface area (Å²) in [6.45, 7) is 5.28. The van der Waals surface area contributed by atoms with Crippen LogP contribution in [0.5, 0.6) is 0 Å². The van der Waals surface area contributed by atoms with Crippen LogP contribution in [0.3, 0.4) is 0 Å². The molecule has 1 atom stereocenters. The zero-order valence-corrected chi connectivity index (χ0v) is 18.7. The van der Waals surface area contributed by atoms with Crippen molar-refractivity contribution in [3.05, 3.63) is 46.7 Å². The molecule has 1 aromatic carbocycles. The average Bonchev–Trinajstić information content (AvgIpc) is 2.70. The van der Waals surface area contributed by atoms with E-state index in [1.54, 1.807) is 0 Å². The summed E-state index contributed by atoms with van der Waals surface area (Å²) < 4.78 is 5.91. The van der Waals surface area contributed by atoms with Crippen molar-refractivity contribution >= 4 is 22.4 Å². The number of aromatic nitrogens is 1. The number of rotatable bonds is 9. The fraction of sp³-hybridized carbons (Fsp3) is 0.520. The van der Waals surface area contributed by atoms with Gasteiger partial charge in [0.2, 0.25) is 0 Å². The van der Waals surface area contributed by atoms with Crippen molar-refractivity contribution in [3.8, 4) is 0 Å². The van der Waals surface area contributed by atoms with Crippen LogP contribution in [0, 0.1) is 6.92 Å². The molecule has 1 aliphatic carbocycles. The molecule has 0 saturated carbocycles. The van der Waals surface area contributed by atoms with Crippen LogP contribution in [0.1, 0.15) is 73.9 Å². The Labute approximate surface area is 179 Å². The first kappa shape index (κ1) is 22.4. The van der Waals surface area contributed by atoms with Crippen molar-refractivity contribution in [1.82, 2.24) is 9.88 Å². The zero-order chi connectivity index (χ0) is 21.7. The largest absolute Gasteiger partial charge is 0.479 e. The van der Waals surface area contributed by atoms with Gasteiger partial charge in [-0.1, -0.05) is 25.5 Å². The van der Waals surface area contributed by atoms with E-state index in [0.29, 0.717) is 6.61 Å². The minimum absolute atomic E-state index is 0.448. The maximum Gasteiger partial charge on any atom is 0.337 e. The molecule has 3 rings (SSSR count). The third-order valence-corrected chi connectivity index (χ3v) is 5.66. The third-order valence-electron chi connectivity index (χ3n) is 5.66. The van der Waals surface area contributed by atoms with Gasteiger partial charge in [0.05, 0.1) is 11.2 Å². The van der Waals surface area contributed by atoms with Crippen molar-refractivity contribution < 1.29 is 14.6 Å². The summed E-state index contributed by atoms with van der Waals surface area (Å²) in [5.74, 6) is -0.927. The van der Waals surface area contributed by atoms with Gasteiger partial charge in [0.15, 0.2) is 6.10 Å². The normalized spacial score (nSPS) is 15.4. The van der Waals surface area contributed by atoms with E-state index < -0.39 is 12.1 Å². The van der Waals surface area contributed by atoms with Gasteiger partial charge in [0.1, 0.15) is 0 Å². The highest BCUT2D eigenvalue weighted by Gasteiger charge is 2.28. The van der Waals surface area contributed by atoms with E-state index in [2.05, 4.69) is 30.0 Å². The molecule has 0 radical (unpaired) electrons. The van der Waals surface area contributed by atoms with Gasteiger partial charge in [-0.15, -0.1) is 0 Å². The molecule has 0 spiro atoms. The van der Waals surface area contributed by atoms with Gasteiger partial charge in [-0.2, -0.15) is 0 Å². The molecule has 1 aromatic heterocycles. The van der Waals surface area contributed by atoms with Crippen LogP contribution in [0.2, 0.25) is 0 Å². The number of benzene rings is 1. The predicted octanol–water partition coefficient (Wildman–Crippen LogP) is 5.50. The molecular weight excluding hydrogens is 376 g/mol. The summed E-state index contributed by atoms with van der Waals surface area (Å²) in [7, 11) is 4.06. The number of carboxylic acid groups (broad SMARTS) is 1. The van der Waals surface area contributed by atoms with E-state index in [1.165, 1.54) is 12.0 Å². The van der Waals surface area contributed by atoms with E-state index in [-0.39, 0.29) is 0 Å². The molecule has 162 valence electrons. The molecule has 5 nitrogen and oxygen atoms in total. The first-order chi connectivity index (χ1) is 14.4. The molecule has 2 aromatic rings. The Kier molecular flexibility index (Phi) is 7.62. The highest BCUT2D eigenvalue weighted by molar-refractivity contribution is 5.96. The summed E-state index contributed by atoms with van der Waals surface area (Å²) in [5, 5.41) is 11.0. The molecule has 0 amide bonds. The van der Waals surface area contributed by atoms with E-state index in [1.807, 2.05) is 27.1 Å². The molecule has 1 N–H and O–H groups in total. The molecule has 0 fully saturated rings. The predicted molar refractivity (Wildman–Crippen MR) is 122 cm³/mol. The molecule has 1 heterocycles. The van der Waals surface area contributed by atoms with E-state index in [9.17, 15) is 9.90 Å². The summed E-state index contributed by atoms with van der Waals surface area (Å²) in [6.07, 6.45) is 7.45. The van der Waals surface area contributed by atoms with Crippen LogP contribution in [-0.2, 0) is 16.1 Å². The lowest BCUT2D eigenvalue weighted by atomic mass is 9.84. The third kappa shape index (κ3) is 5.08. The van der Waals surface area contributed by atoms with Crippen LogP contribution in [0.15, 0.2) is 24.3 Å². The van der Waals surface area contributed by atoms with Crippen LogP contribution in [0.25, 0.3) is 16.5 Å². The lowest BCUT2D eigenvalue weighted by Gasteiger charge is -2.25. The minimum Gasteiger partial charge on any atom is -0.479 e. The quantitative estimate of drug-likeness (QED) is 0.553. The fourth-order valence-electron chi connectivity index (χ4n) is 4.25. The summed E-state index contributed by atoms with van der Waals surface area (Å²) in [4.78, 5) is 19.2. The maximum absolute atomic E-state index is 12.2. The number of hydrogen-bond donors (Lipinski definition) is 1. The SMILES string of the molecule is CCCCOC(C(=O)O)c1c(C)cc2nc(CN(C)C)ccc2c1C1=CCCCC1. The smallest absolute Gasteiger partial charge is 0.337 e. The molecule has 1 unspecified atom stereocenters. The first-order valence-corrected chi connectivity index (χ1v) is 11.0. The summed E-state index contributed by atoms with van der Waals surface area (Å²) in [6, 6.07) is 6.19. The van der Waals surface area contributed by atoms with Gasteiger partial charge in [0, 0.05) is 24.1 Å². The van der Waals surface area contributed by atoms with Crippen molar-refractivity contribution in [3.63, 3.8) is 0 Å². The fourth-order valence-corrected chi connectivity index (χ4v) is 4.25. The molecule has 30 heavy (non-hydrogen) atoms. The van der Waals surface area contributed by atoms with Crippen molar-refractivity contribution in [1.29, 1.82) is 0 Å². The maximum atomic E-state index is 12.2. The Hall–Kier alpha value is -2.24. The second kappa shape index (κ2) is 10.2. The molecule has 0 aliphatic heterocycles. The van der Waals surface area contributed by atoms with Gasteiger partial charge < -0.3 is 14.7 Å². The first-order valence-electron chi connectivity index (χ1n) is 11.0. The van der Waals surface area contributed by atoms with Gasteiger partial charge in [0.25, 0.3) is 0 Å². The van der Waals surface area contributed by atoms with E-state index in [0.717, 1.165) is 71.9 Å². The van der Waals surface area contributed by atoms with Crippen LogP contribution >= 0.6 is 0 Å². The van der Waals surface area contributed by atoms with Crippen LogP contribution in [-0.4, -0.2) is 41.7 Å². The number of carbonyl (C=O) groups is 1. The Morgan fingerprint density at radius 2 is 2.10 bits per heavy atom. The van der Waals surface area contributed by atoms with Gasteiger partial charge in [-0.25, -0.2) is 4.79 Å². The number of nitrogens with zero attached hydrogens (tertiary/aromatic N) is 2. The van der Waals surface area contributed by atoms with Gasteiger partial charge in [-0.05, 0) is 82.0 Å². The van der Waals surface area contributed by atoms with Crippen LogP contribution in [0.4, 0.5) is 0 Å². The Balaban J connectivity index is 2.20. The monoisotopic (exact) mass is 410 g/mol. The molecular formula is C25H34N2O3. The number of unbranched alkanes of at least 4 members (excludes halogenated alkanes) is 1. The Morgan fingerprint density at radius 3 is 2.73 bits per heavy atom. The Morgan fingerprint density at radius 1 is 1.30 bits per heavy atom. The number of ether oxygens (including phenoxy) is 1. The lowest BCUT2D eigenvalue weighted by molar-refractivity contribution is -0.151. The topological polar surface area (TPSA) is 62.7 Å². The standard InChI is InChI=1S/C25H34N2O3/c1-5-6-14-30-24(25(28)29)22-17(2)15-21-20(13-12-19(26-21)16-27(3)4)23(22)18-10-8-7-9-11-18/h10,12-13,15,24H,5-9,11,14,16H2,1-4H3,(H,28,29). The van der Waals surface area contributed by atoms with Gasteiger partial charge >= 0.3 is 5.97 Å². The van der Waals surface area contributed by atoms with E-state index in [4.69, 9.17) is 9.72 Å². The van der Waals surface area contributed by atoms with Crippen molar-refractivity contribution in [2.75, 3.05) is 20.7 Å². The number of pyridine rings is 1. The number of hydrogen-bond acceptors (Lipinski definition) is 4. The summed E-state index contributed by atoms with van der Waals surface area (Å²) >= 11 is 0. The second-order valence-electron chi connectivity index (χ2n) is 8.51. The van der Waals surface area contributed by atoms with Crippen molar-refractivity contribution in [2.24, 2.45) is 0 Å². The number of aliphatic carboxylic acids is 1. The number of allylic oxidation sites excluding steroid dienone is 2. The number of aryl methyl sites for hydroxylation is 1. The average molecular weight is 411 g/mol. The summed E-state index contributed by atoms with van der Waals surface area (Å²) in [5.41, 5.74) is 5.92. The zero-order valence-electron chi connectivity index (χ0n) is 18.7. The number of fused-ring (bicyclic) bond motifs is 1. The van der Waals surface area contributed by atoms with Crippen LogP contribution < -0.4 is 0 Å². The second-order valence-corrected chi connectivity index (χ2v) is 8.51.